The van der Waals surface area contributed by atoms with Gasteiger partial charge in [0.05, 0.1) is 18.8 Å². The van der Waals surface area contributed by atoms with Gasteiger partial charge in [-0.3, -0.25) is 0 Å². The Bertz CT molecular complexity index is 308. The molecule has 84 valence electrons. The molecule has 0 amide bonds. The lowest BCUT2D eigenvalue weighted by molar-refractivity contribution is -0.158. The molecule has 0 spiro atoms. The second-order valence-electron chi connectivity index (χ2n) is 5.32. The zero-order chi connectivity index (χ0) is 10.6. The molecule has 4 atom stereocenters. The van der Waals surface area contributed by atoms with Gasteiger partial charge in [-0.1, -0.05) is 6.08 Å². The van der Waals surface area contributed by atoms with E-state index in [2.05, 4.69) is 6.08 Å². The van der Waals surface area contributed by atoms with Crippen molar-refractivity contribution in [1.82, 2.24) is 0 Å². The summed E-state index contributed by atoms with van der Waals surface area (Å²) in [6.07, 6.45) is 4.72. The lowest BCUT2D eigenvalue weighted by Crippen LogP contribution is -2.26. The molecular weight excluding hydrogens is 192 g/mol. The standard InChI is InChI=1S/C12H18O3/c1-12(2)14-10-5-9-7(6-13)3-4-8(9)11(10)15-12/h3,8-11,13H,4-6H2,1-2H3/t8-,9+,10+,11-/m1/s1. The Labute approximate surface area is 90.1 Å². The van der Waals surface area contributed by atoms with Gasteiger partial charge in [-0.05, 0) is 44.1 Å². The number of aliphatic hydroxyl groups excluding tert-OH is 1. The van der Waals surface area contributed by atoms with Gasteiger partial charge in [0.2, 0.25) is 0 Å². The van der Waals surface area contributed by atoms with E-state index in [0.29, 0.717) is 11.8 Å². The van der Waals surface area contributed by atoms with Gasteiger partial charge >= 0.3 is 0 Å². The molecule has 0 bridgehead atoms. The van der Waals surface area contributed by atoms with Gasteiger partial charge in [-0.2, -0.15) is 0 Å². The maximum atomic E-state index is 9.23. The normalized spacial score (nSPS) is 46.5. The third-order valence-corrected chi connectivity index (χ3v) is 3.96. The molecule has 3 heteroatoms. The highest BCUT2D eigenvalue weighted by molar-refractivity contribution is 5.21. The molecule has 0 aromatic rings. The van der Waals surface area contributed by atoms with Crippen molar-refractivity contribution in [3.8, 4) is 0 Å². The molecule has 1 saturated heterocycles. The van der Waals surface area contributed by atoms with Gasteiger partial charge in [0.1, 0.15) is 0 Å². The summed E-state index contributed by atoms with van der Waals surface area (Å²) in [6, 6.07) is 0. The summed E-state index contributed by atoms with van der Waals surface area (Å²) in [5, 5.41) is 9.23. The van der Waals surface area contributed by atoms with Crippen molar-refractivity contribution in [2.45, 2.75) is 44.7 Å². The minimum atomic E-state index is -0.414. The maximum absolute atomic E-state index is 9.23. The Morgan fingerprint density at radius 2 is 2.27 bits per heavy atom. The molecule has 3 aliphatic rings. The smallest absolute Gasteiger partial charge is 0.163 e. The average Bonchev–Trinajstić information content (AvgIpc) is 2.73. The van der Waals surface area contributed by atoms with Crippen LogP contribution in [0.1, 0.15) is 26.7 Å². The van der Waals surface area contributed by atoms with Crippen LogP contribution in [0.5, 0.6) is 0 Å². The fraction of sp³-hybridized carbons (Fsp3) is 0.833. The van der Waals surface area contributed by atoms with Gasteiger partial charge < -0.3 is 14.6 Å². The molecule has 1 saturated carbocycles. The minimum Gasteiger partial charge on any atom is -0.392 e. The van der Waals surface area contributed by atoms with E-state index in [1.807, 2.05) is 13.8 Å². The fourth-order valence-corrected chi connectivity index (χ4v) is 3.41. The molecule has 1 N–H and O–H groups in total. The number of rotatable bonds is 1. The average molecular weight is 210 g/mol. The Balaban J connectivity index is 1.79. The predicted octanol–water partition coefficient (Wildman–Crippen LogP) is 1.46. The first-order valence-electron chi connectivity index (χ1n) is 5.76. The Morgan fingerprint density at radius 1 is 1.47 bits per heavy atom. The van der Waals surface area contributed by atoms with Crippen LogP contribution in [-0.2, 0) is 9.47 Å². The summed E-state index contributed by atoms with van der Waals surface area (Å²) < 4.78 is 11.8. The zero-order valence-corrected chi connectivity index (χ0v) is 9.27. The van der Waals surface area contributed by atoms with E-state index in [9.17, 15) is 5.11 Å². The SMILES string of the molecule is CC1(C)O[C@@H]2[C@@H]3CC=C(CO)[C@@H]3C[C@@H]2O1. The number of ether oxygens (including phenoxy) is 2. The van der Waals surface area contributed by atoms with Crippen LogP contribution in [0.2, 0.25) is 0 Å². The molecule has 2 fully saturated rings. The van der Waals surface area contributed by atoms with Gasteiger partial charge in [-0.15, -0.1) is 0 Å². The lowest BCUT2D eigenvalue weighted by atomic mass is 9.94. The number of fused-ring (bicyclic) bond motifs is 3. The quantitative estimate of drug-likeness (QED) is 0.666. The second-order valence-corrected chi connectivity index (χ2v) is 5.32. The topological polar surface area (TPSA) is 38.7 Å². The Morgan fingerprint density at radius 3 is 3.00 bits per heavy atom. The van der Waals surface area contributed by atoms with E-state index in [-0.39, 0.29) is 18.8 Å². The second kappa shape index (κ2) is 3.06. The lowest BCUT2D eigenvalue weighted by Gasteiger charge is -2.23. The van der Waals surface area contributed by atoms with Crippen LogP contribution < -0.4 is 0 Å². The summed E-state index contributed by atoms with van der Waals surface area (Å²) in [6.45, 7) is 4.16. The monoisotopic (exact) mass is 210 g/mol. The van der Waals surface area contributed by atoms with E-state index in [1.165, 1.54) is 5.57 Å². The van der Waals surface area contributed by atoms with Crippen LogP contribution in [0, 0.1) is 11.8 Å². The Hall–Kier alpha value is -0.380. The molecule has 3 nitrogen and oxygen atoms in total. The molecule has 0 aromatic carbocycles. The number of hydrogen-bond acceptors (Lipinski definition) is 3. The van der Waals surface area contributed by atoms with Crippen molar-refractivity contribution < 1.29 is 14.6 Å². The van der Waals surface area contributed by atoms with Crippen LogP contribution >= 0.6 is 0 Å². The van der Waals surface area contributed by atoms with Crippen LogP contribution in [-0.4, -0.2) is 29.7 Å². The van der Waals surface area contributed by atoms with Crippen LogP contribution in [0.25, 0.3) is 0 Å². The van der Waals surface area contributed by atoms with Crippen molar-refractivity contribution in [3.63, 3.8) is 0 Å². The van der Waals surface area contributed by atoms with Gasteiger partial charge in [0, 0.05) is 0 Å². The molecule has 1 heterocycles. The van der Waals surface area contributed by atoms with E-state index in [1.54, 1.807) is 0 Å². The van der Waals surface area contributed by atoms with E-state index in [4.69, 9.17) is 9.47 Å². The number of allylic oxidation sites excluding steroid dienone is 1. The molecule has 0 aromatic heterocycles. The zero-order valence-electron chi connectivity index (χ0n) is 9.27. The molecule has 0 radical (unpaired) electrons. The molecular formula is C12H18O3. The summed E-state index contributed by atoms with van der Waals surface area (Å²) >= 11 is 0. The third kappa shape index (κ3) is 1.37. The van der Waals surface area contributed by atoms with Crippen molar-refractivity contribution in [2.75, 3.05) is 6.61 Å². The fourth-order valence-electron chi connectivity index (χ4n) is 3.41. The Kier molecular flexibility index (Phi) is 2.00. The highest BCUT2D eigenvalue weighted by atomic mass is 16.8. The summed E-state index contributed by atoms with van der Waals surface area (Å²) in [5.74, 6) is 0.627. The first-order chi connectivity index (χ1) is 7.11. The molecule has 2 aliphatic carbocycles. The number of aliphatic hydroxyl groups is 1. The van der Waals surface area contributed by atoms with Crippen molar-refractivity contribution in [3.05, 3.63) is 11.6 Å². The first kappa shape index (κ1) is 9.82. The molecule has 3 rings (SSSR count). The first-order valence-corrected chi connectivity index (χ1v) is 5.76. The van der Waals surface area contributed by atoms with E-state index < -0.39 is 5.79 Å². The van der Waals surface area contributed by atoms with E-state index in [0.717, 1.165) is 12.8 Å². The maximum Gasteiger partial charge on any atom is 0.163 e. The largest absolute Gasteiger partial charge is 0.392 e. The minimum absolute atomic E-state index is 0.198. The summed E-state index contributed by atoms with van der Waals surface area (Å²) in [5.41, 5.74) is 1.19. The van der Waals surface area contributed by atoms with Gasteiger partial charge in [0.15, 0.2) is 5.79 Å². The molecule has 15 heavy (non-hydrogen) atoms. The third-order valence-electron chi connectivity index (χ3n) is 3.96. The van der Waals surface area contributed by atoms with Crippen molar-refractivity contribution in [2.24, 2.45) is 11.8 Å². The molecule has 0 unspecified atom stereocenters. The van der Waals surface area contributed by atoms with Crippen LogP contribution in [0.4, 0.5) is 0 Å². The van der Waals surface area contributed by atoms with Gasteiger partial charge in [0.25, 0.3) is 0 Å². The number of hydrogen-bond donors (Lipinski definition) is 1. The van der Waals surface area contributed by atoms with E-state index >= 15 is 0 Å². The van der Waals surface area contributed by atoms with Gasteiger partial charge in [-0.25, -0.2) is 0 Å². The summed E-state index contributed by atoms with van der Waals surface area (Å²) in [7, 11) is 0. The predicted molar refractivity (Wildman–Crippen MR) is 55.2 cm³/mol. The van der Waals surface area contributed by atoms with Crippen molar-refractivity contribution >= 4 is 0 Å². The highest BCUT2D eigenvalue weighted by Gasteiger charge is 2.54. The molecule has 1 aliphatic heterocycles. The van der Waals surface area contributed by atoms with Crippen LogP contribution in [0.15, 0.2) is 11.6 Å². The van der Waals surface area contributed by atoms with Crippen molar-refractivity contribution in [1.29, 1.82) is 0 Å². The van der Waals surface area contributed by atoms with Crippen LogP contribution in [0.3, 0.4) is 0 Å². The highest BCUT2D eigenvalue weighted by Crippen LogP contribution is 2.51. The summed E-state index contributed by atoms with van der Waals surface area (Å²) in [4.78, 5) is 0.